The largest absolute Gasteiger partial charge is 0.457 e. The lowest BCUT2D eigenvalue weighted by atomic mass is 10.1. The zero-order valence-corrected chi connectivity index (χ0v) is 26.2. The Kier molecular flexibility index (Phi) is 10.3. The highest BCUT2D eigenvalue weighted by atomic mass is 35.5. The average Bonchev–Trinajstić information content (AvgIpc) is 3.00. The van der Waals surface area contributed by atoms with Gasteiger partial charge in [-0.3, -0.25) is 13.9 Å². The third-order valence-electron chi connectivity index (χ3n) is 6.80. The summed E-state index contributed by atoms with van der Waals surface area (Å²) in [6, 6.07) is 25.8. The van der Waals surface area contributed by atoms with E-state index in [4.69, 9.17) is 27.9 Å². The lowest BCUT2D eigenvalue weighted by molar-refractivity contribution is -0.139. The van der Waals surface area contributed by atoms with E-state index in [-0.39, 0.29) is 17.1 Å². The molecule has 4 rings (SSSR count). The third kappa shape index (κ3) is 7.67. The monoisotopic (exact) mass is 639 g/mol. The van der Waals surface area contributed by atoms with Gasteiger partial charge in [-0.05, 0) is 74.5 Å². The normalized spacial score (nSPS) is 11.8. The number of aryl methyl sites for hydroxylation is 1. The summed E-state index contributed by atoms with van der Waals surface area (Å²) in [6.07, 6.45) is 0. The maximum absolute atomic E-state index is 14.0. The topological polar surface area (TPSA) is 96.0 Å². The van der Waals surface area contributed by atoms with E-state index in [1.54, 1.807) is 73.7 Å². The molecule has 11 heteroatoms. The molecular weight excluding hydrogens is 609 g/mol. The van der Waals surface area contributed by atoms with Crippen LogP contribution in [0.3, 0.4) is 0 Å². The summed E-state index contributed by atoms with van der Waals surface area (Å²) in [6.45, 7) is 2.68. The maximum Gasteiger partial charge on any atom is 0.264 e. The van der Waals surface area contributed by atoms with E-state index in [9.17, 15) is 18.0 Å². The van der Waals surface area contributed by atoms with Crippen molar-refractivity contribution in [1.29, 1.82) is 0 Å². The Labute approximate surface area is 261 Å². The fraction of sp³-hybridized carbons (Fsp3) is 0.188. The fourth-order valence-electron chi connectivity index (χ4n) is 4.32. The molecule has 0 bridgehead atoms. The van der Waals surface area contributed by atoms with Crippen LogP contribution in [-0.4, -0.2) is 44.8 Å². The first-order valence-electron chi connectivity index (χ1n) is 13.4. The summed E-state index contributed by atoms with van der Waals surface area (Å²) in [5, 5.41) is 3.17. The van der Waals surface area contributed by atoms with Crippen molar-refractivity contribution >= 4 is 50.7 Å². The number of nitrogens with zero attached hydrogens (tertiary/aromatic N) is 2. The van der Waals surface area contributed by atoms with Crippen molar-refractivity contribution in [2.24, 2.45) is 0 Å². The molecule has 224 valence electrons. The number of sulfonamides is 1. The molecule has 1 N–H and O–H groups in total. The van der Waals surface area contributed by atoms with Crippen LogP contribution < -0.4 is 14.4 Å². The molecule has 2 amide bonds. The van der Waals surface area contributed by atoms with E-state index in [1.165, 1.54) is 24.1 Å². The molecule has 0 saturated carbocycles. The second-order valence-electron chi connectivity index (χ2n) is 9.75. The van der Waals surface area contributed by atoms with Crippen LogP contribution in [0.4, 0.5) is 5.69 Å². The molecule has 0 spiro atoms. The molecule has 0 aliphatic heterocycles. The van der Waals surface area contributed by atoms with Gasteiger partial charge in [-0.15, -0.1) is 0 Å². The van der Waals surface area contributed by atoms with E-state index in [2.05, 4.69) is 5.32 Å². The van der Waals surface area contributed by atoms with Gasteiger partial charge >= 0.3 is 0 Å². The van der Waals surface area contributed by atoms with Crippen molar-refractivity contribution in [2.45, 2.75) is 31.3 Å². The number of halogens is 2. The Morgan fingerprint density at radius 3 is 2.00 bits per heavy atom. The minimum absolute atomic E-state index is 0.00978. The van der Waals surface area contributed by atoms with Crippen LogP contribution in [0.15, 0.2) is 102 Å². The molecule has 4 aromatic carbocycles. The van der Waals surface area contributed by atoms with Crippen LogP contribution >= 0.6 is 23.2 Å². The molecular formula is C32H31Cl2N3O5S. The predicted molar refractivity (Wildman–Crippen MR) is 169 cm³/mol. The Morgan fingerprint density at radius 2 is 1.42 bits per heavy atom. The van der Waals surface area contributed by atoms with Gasteiger partial charge in [0.25, 0.3) is 10.0 Å². The van der Waals surface area contributed by atoms with Gasteiger partial charge in [0.1, 0.15) is 24.1 Å². The van der Waals surface area contributed by atoms with Crippen LogP contribution in [0.2, 0.25) is 10.0 Å². The van der Waals surface area contributed by atoms with Gasteiger partial charge in [-0.25, -0.2) is 8.42 Å². The van der Waals surface area contributed by atoms with Crippen molar-refractivity contribution in [3.8, 4) is 11.5 Å². The quantitative estimate of drug-likeness (QED) is 0.203. The number of hydrogen-bond acceptors (Lipinski definition) is 5. The van der Waals surface area contributed by atoms with Gasteiger partial charge < -0.3 is 15.0 Å². The summed E-state index contributed by atoms with van der Waals surface area (Å²) in [5.74, 6) is 0.0306. The Hall–Kier alpha value is -4.05. The third-order valence-corrected chi connectivity index (χ3v) is 9.29. The number of rotatable bonds is 11. The van der Waals surface area contributed by atoms with Crippen molar-refractivity contribution in [1.82, 2.24) is 10.2 Å². The zero-order valence-electron chi connectivity index (χ0n) is 23.8. The van der Waals surface area contributed by atoms with Crippen molar-refractivity contribution in [3.05, 3.63) is 118 Å². The molecule has 1 atom stereocenters. The highest BCUT2D eigenvalue weighted by molar-refractivity contribution is 7.92. The van der Waals surface area contributed by atoms with E-state index >= 15 is 0 Å². The van der Waals surface area contributed by atoms with Crippen LogP contribution in [0.25, 0.3) is 0 Å². The molecule has 0 aromatic heterocycles. The maximum atomic E-state index is 14.0. The predicted octanol–water partition coefficient (Wildman–Crippen LogP) is 6.45. The number of likely N-dealkylation sites (N-methyl/N-ethyl adjacent to an activating group) is 1. The number of para-hydroxylation sites is 1. The molecule has 0 fully saturated rings. The summed E-state index contributed by atoms with van der Waals surface area (Å²) in [5.41, 5.74) is 1.55. The fourth-order valence-corrected chi connectivity index (χ4v) is 6.25. The van der Waals surface area contributed by atoms with Crippen molar-refractivity contribution in [3.63, 3.8) is 0 Å². The van der Waals surface area contributed by atoms with E-state index in [0.717, 1.165) is 9.87 Å². The second-order valence-corrected chi connectivity index (χ2v) is 12.4. The zero-order chi connectivity index (χ0) is 31.1. The van der Waals surface area contributed by atoms with Gasteiger partial charge in [0, 0.05) is 29.2 Å². The number of hydrogen-bond donors (Lipinski definition) is 1. The lowest BCUT2D eigenvalue weighted by Crippen LogP contribution is -2.50. The Balaban J connectivity index is 1.73. The van der Waals surface area contributed by atoms with E-state index < -0.39 is 34.4 Å². The number of amides is 2. The molecule has 0 saturated heterocycles. The van der Waals surface area contributed by atoms with E-state index in [1.807, 2.05) is 25.1 Å². The van der Waals surface area contributed by atoms with Crippen LogP contribution in [-0.2, 0) is 26.2 Å². The smallest absolute Gasteiger partial charge is 0.264 e. The van der Waals surface area contributed by atoms with Gasteiger partial charge in [0.2, 0.25) is 11.8 Å². The summed E-state index contributed by atoms with van der Waals surface area (Å²) >= 11 is 12.8. The molecule has 0 aliphatic rings. The Bertz CT molecular complexity index is 1660. The van der Waals surface area contributed by atoms with Gasteiger partial charge in [-0.2, -0.15) is 0 Å². The summed E-state index contributed by atoms with van der Waals surface area (Å²) in [4.78, 5) is 27.9. The first-order valence-corrected chi connectivity index (χ1v) is 15.6. The van der Waals surface area contributed by atoms with Crippen LogP contribution in [0.5, 0.6) is 11.5 Å². The number of anilines is 1. The second kappa shape index (κ2) is 13.9. The number of benzene rings is 4. The van der Waals surface area contributed by atoms with Crippen LogP contribution in [0.1, 0.15) is 18.1 Å². The number of ether oxygens (including phenoxy) is 1. The van der Waals surface area contributed by atoms with E-state index in [0.29, 0.717) is 27.1 Å². The first-order chi connectivity index (χ1) is 20.5. The first kappa shape index (κ1) is 31.9. The molecule has 8 nitrogen and oxygen atoms in total. The molecule has 0 heterocycles. The Morgan fingerprint density at radius 1 is 0.837 bits per heavy atom. The van der Waals surface area contributed by atoms with Crippen molar-refractivity contribution in [2.75, 3.05) is 17.9 Å². The highest BCUT2D eigenvalue weighted by Gasteiger charge is 2.33. The minimum atomic E-state index is -4.22. The number of nitrogens with one attached hydrogen (secondary N) is 1. The molecule has 43 heavy (non-hydrogen) atoms. The number of carbonyl (C=O) groups is 2. The van der Waals surface area contributed by atoms with Gasteiger partial charge in [0.15, 0.2) is 0 Å². The highest BCUT2D eigenvalue weighted by Crippen LogP contribution is 2.30. The SMILES string of the molecule is CNC(=O)[C@@H](C)N(Cc1c(Cl)cccc1Cl)C(=O)CN(c1ccc(Oc2ccccc2)cc1)S(=O)(=O)c1ccc(C)cc1. The molecule has 4 aromatic rings. The van der Waals surface area contributed by atoms with Crippen molar-refractivity contribution < 1.29 is 22.7 Å². The number of carbonyl (C=O) groups excluding carboxylic acids is 2. The molecule has 0 unspecified atom stereocenters. The summed E-state index contributed by atoms with van der Waals surface area (Å²) in [7, 11) is -2.76. The standard InChI is InChI=1S/C32H31Cl2N3O5S/c1-22-12-18-27(19-13-22)43(40,41)37(24-14-16-26(17-15-24)42-25-8-5-4-6-9-25)21-31(38)36(23(2)32(39)35-3)20-28-29(33)10-7-11-30(28)34/h4-19,23H,20-21H2,1-3H3,(H,35,39)/t23-/m1/s1. The summed E-state index contributed by atoms with van der Waals surface area (Å²) < 4.78 is 34.9. The lowest BCUT2D eigenvalue weighted by Gasteiger charge is -2.32. The molecule has 0 radical (unpaired) electrons. The minimum Gasteiger partial charge on any atom is -0.457 e. The van der Waals surface area contributed by atoms with Gasteiger partial charge in [-0.1, -0.05) is 65.2 Å². The van der Waals surface area contributed by atoms with Gasteiger partial charge in [0.05, 0.1) is 10.6 Å². The van der Waals surface area contributed by atoms with Crippen LogP contribution in [0, 0.1) is 6.92 Å². The average molecular weight is 641 g/mol. The molecule has 0 aliphatic carbocycles.